The van der Waals surface area contributed by atoms with Crippen molar-refractivity contribution in [1.29, 1.82) is 0 Å². The first-order valence-corrected chi connectivity index (χ1v) is 6.45. The van der Waals surface area contributed by atoms with Gasteiger partial charge in [-0.15, -0.1) is 0 Å². The van der Waals surface area contributed by atoms with Gasteiger partial charge in [-0.1, -0.05) is 0 Å². The third-order valence-electron chi connectivity index (χ3n) is 2.43. The Kier molecular flexibility index (Phi) is 3.77. The molecule has 0 heterocycles. The lowest BCUT2D eigenvalue weighted by molar-refractivity contribution is 0.588. The van der Waals surface area contributed by atoms with E-state index in [4.69, 9.17) is 5.73 Å². The van der Waals surface area contributed by atoms with Crippen molar-refractivity contribution in [2.75, 3.05) is 31.3 Å². The van der Waals surface area contributed by atoms with E-state index in [9.17, 15) is 8.42 Å². The highest BCUT2D eigenvalue weighted by Crippen LogP contribution is 2.26. The third-order valence-corrected chi connectivity index (χ3v) is 3.87. The van der Waals surface area contributed by atoms with Crippen LogP contribution < -0.4 is 15.4 Å². The molecule has 0 radical (unpaired) electrons. The number of anilines is 2. The first-order valence-electron chi connectivity index (χ1n) is 4.96. The minimum Gasteiger partial charge on any atom is -0.399 e. The average Bonchev–Trinajstić information content (AvgIpc) is 2.28. The molecule has 0 bridgehead atoms. The molecule has 5 nitrogen and oxygen atoms in total. The van der Waals surface area contributed by atoms with Crippen molar-refractivity contribution in [1.82, 2.24) is 4.72 Å². The Bertz CT molecular complexity index is 471. The lowest BCUT2D eigenvalue weighted by atomic mass is 10.2. The SMILES string of the molecule is CCN(C)c1ccc(N)cc1S(=O)(=O)NC. The van der Waals surface area contributed by atoms with Crippen LogP contribution in [0.3, 0.4) is 0 Å². The molecule has 3 N–H and O–H groups in total. The highest BCUT2D eigenvalue weighted by molar-refractivity contribution is 7.89. The van der Waals surface area contributed by atoms with Crippen LogP contribution in [0, 0.1) is 0 Å². The summed E-state index contributed by atoms with van der Waals surface area (Å²) in [7, 11) is -0.261. The van der Waals surface area contributed by atoms with Crippen molar-refractivity contribution in [3.63, 3.8) is 0 Å². The molecule has 0 aliphatic rings. The lowest BCUT2D eigenvalue weighted by Gasteiger charge is -2.20. The molecule has 0 saturated carbocycles. The molecule has 0 fully saturated rings. The molecule has 0 aliphatic carbocycles. The Morgan fingerprint density at radius 2 is 2.06 bits per heavy atom. The summed E-state index contributed by atoms with van der Waals surface area (Å²) in [6, 6.07) is 4.87. The third kappa shape index (κ3) is 2.45. The molecular weight excluding hydrogens is 226 g/mol. The van der Waals surface area contributed by atoms with E-state index in [1.54, 1.807) is 12.1 Å². The summed E-state index contributed by atoms with van der Waals surface area (Å²) in [5, 5.41) is 0. The van der Waals surface area contributed by atoms with Gasteiger partial charge in [-0.05, 0) is 32.2 Å². The van der Waals surface area contributed by atoms with Crippen molar-refractivity contribution >= 4 is 21.4 Å². The smallest absolute Gasteiger partial charge is 0.242 e. The van der Waals surface area contributed by atoms with Crippen LogP contribution in [0.25, 0.3) is 0 Å². The Morgan fingerprint density at radius 3 is 2.56 bits per heavy atom. The van der Waals surface area contributed by atoms with Crippen LogP contribution in [0.15, 0.2) is 23.1 Å². The van der Waals surface area contributed by atoms with E-state index in [0.29, 0.717) is 11.4 Å². The summed E-state index contributed by atoms with van der Waals surface area (Å²) in [4.78, 5) is 2.06. The average molecular weight is 243 g/mol. The van der Waals surface area contributed by atoms with E-state index in [1.807, 2.05) is 18.9 Å². The molecule has 6 heteroatoms. The summed E-state index contributed by atoms with van der Waals surface area (Å²) < 4.78 is 25.9. The van der Waals surface area contributed by atoms with Gasteiger partial charge in [0, 0.05) is 19.3 Å². The van der Waals surface area contributed by atoms with Crippen LogP contribution in [0.4, 0.5) is 11.4 Å². The molecule has 0 aliphatic heterocycles. The predicted molar refractivity (Wildman–Crippen MR) is 66.0 cm³/mol. The number of rotatable bonds is 4. The molecule has 1 rings (SSSR count). The van der Waals surface area contributed by atoms with E-state index >= 15 is 0 Å². The first-order chi connectivity index (χ1) is 7.42. The van der Waals surface area contributed by atoms with Gasteiger partial charge >= 0.3 is 0 Å². The molecule has 90 valence electrons. The van der Waals surface area contributed by atoms with Crippen molar-refractivity contribution < 1.29 is 8.42 Å². The molecule has 1 aromatic carbocycles. The topological polar surface area (TPSA) is 75.4 Å². The zero-order valence-electron chi connectivity index (χ0n) is 9.69. The Labute approximate surface area is 96.3 Å². The number of nitrogen functional groups attached to an aromatic ring is 1. The van der Waals surface area contributed by atoms with Gasteiger partial charge in [0.2, 0.25) is 10.0 Å². The second-order valence-electron chi connectivity index (χ2n) is 3.45. The van der Waals surface area contributed by atoms with Crippen LogP contribution >= 0.6 is 0 Å². The molecule has 0 saturated heterocycles. The summed E-state index contributed by atoms with van der Waals surface area (Å²) in [6.07, 6.45) is 0. The molecule has 16 heavy (non-hydrogen) atoms. The molecule has 0 aromatic heterocycles. The molecule has 0 atom stereocenters. The van der Waals surface area contributed by atoms with Gasteiger partial charge in [0.05, 0.1) is 5.69 Å². The van der Waals surface area contributed by atoms with E-state index in [-0.39, 0.29) is 4.90 Å². The van der Waals surface area contributed by atoms with Crippen molar-refractivity contribution in [2.24, 2.45) is 0 Å². The number of hydrogen-bond acceptors (Lipinski definition) is 4. The van der Waals surface area contributed by atoms with E-state index in [1.165, 1.54) is 13.1 Å². The van der Waals surface area contributed by atoms with Crippen LogP contribution in [-0.2, 0) is 10.0 Å². The molecule has 0 spiro atoms. The van der Waals surface area contributed by atoms with Crippen LogP contribution in [0.2, 0.25) is 0 Å². The van der Waals surface area contributed by atoms with Gasteiger partial charge in [0.15, 0.2) is 0 Å². The monoisotopic (exact) mass is 243 g/mol. The Hall–Kier alpha value is -1.27. The number of hydrogen-bond donors (Lipinski definition) is 2. The molecule has 0 unspecified atom stereocenters. The minimum atomic E-state index is -3.48. The maximum absolute atomic E-state index is 11.8. The predicted octanol–water partition coefficient (Wildman–Crippen LogP) is 0.633. The van der Waals surface area contributed by atoms with Crippen molar-refractivity contribution in [3.05, 3.63) is 18.2 Å². The fraction of sp³-hybridized carbons (Fsp3) is 0.400. The van der Waals surface area contributed by atoms with Crippen molar-refractivity contribution in [3.8, 4) is 0 Å². The summed E-state index contributed by atoms with van der Waals surface area (Å²) in [5.41, 5.74) is 6.69. The van der Waals surface area contributed by atoms with Crippen LogP contribution in [0.5, 0.6) is 0 Å². The Morgan fingerprint density at radius 1 is 1.44 bits per heavy atom. The zero-order valence-corrected chi connectivity index (χ0v) is 10.5. The highest BCUT2D eigenvalue weighted by Gasteiger charge is 2.18. The minimum absolute atomic E-state index is 0.208. The van der Waals surface area contributed by atoms with E-state index in [2.05, 4.69) is 4.72 Å². The number of benzene rings is 1. The summed E-state index contributed by atoms with van der Waals surface area (Å²) in [6.45, 7) is 2.67. The number of nitrogens with one attached hydrogen (secondary N) is 1. The number of nitrogens with zero attached hydrogens (tertiary/aromatic N) is 1. The summed E-state index contributed by atoms with van der Waals surface area (Å²) in [5.74, 6) is 0. The van der Waals surface area contributed by atoms with Gasteiger partial charge < -0.3 is 10.6 Å². The van der Waals surface area contributed by atoms with Crippen LogP contribution in [-0.4, -0.2) is 29.1 Å². The number of nitrogens with two attached hydrogens (primary N) is 1. The van der Waals surface area contributed by atoms with Gasteiger partial charge in [-0.2, -0.15) is 0 Å². The van der Waals surface area contributed by atoms with Crippen LogP contribution in [0.1, 0.15) is 6.92 Å². The zero-order chi connectivity index (χ0) is 12.3. The van der Waals surface area contributed by atoms with Gasteiger partial charge in [0.1, 0.15) is 4.90 Å². The maximum Gasteiger partial charge on any atom is 0.242 e. The fourth-order valence-corrected chi connectivity index (χ4v) is 2.35. The van der Waals surface area contributed by atoms with E-state index in [0.717, 1.165) is 6.54 Å². The number of sulfonamides is 1. The quantitative estimate of drug-likeness (QED) is 0.761. The summed E-state index contributed by atoms with van der Waals surface area (Å²) >= 11 is 0. The van der Waals surface area contributed by atoms with E-state index < -0.39 is 10.0 Å². The molecular formula is C10H17N3O2S. The first kappa shape index (κ1) is 12.8. The van der Waals surface area contributed by atoms with Gasteiger partial charge in [-0.3, -0.25) is 0 Å². The van der Waals surface area contributed by atoms with Crippen molar-refractivity contribution in [2.45, 2.75) is 11.8 Å². The fourth-order valence-electron chi connectivity index (χ4n) is 1.34. The largest absolute Gasteiger partial charge is 0.399 e. The second-order valence-corrected chi connectivity index (χ2v) is 5.30. The normalized spacial score (nSPS) is 11.4. The second kappa shape index (κ2) is 4.71. The standard InChI is InChI=1S/C10H17N3O2S/c1-4-13(3)9-6-5-8(11)7-10(9)16(14,15)12-2/h5-7,12H,4,11H2,1-3H3. The molecule has 1 aromatic rings. The van der Waals surface area contributed by atoms with Gasteiger partial charge in [0.25, 0.3) is 0 Å². The lowest BCUT2D eigenvalue weighted by Crippen LogP contribution is -2.24. The highest BCUT2D eigenvalue weighted by atomic mass is 32.2. The maximum atomic E-state index is 11.8. The Balaban J connectivity index is 3.41. The molecule has 0 amide bonds. The van der Waals surface area contributed by atoms with Gasteiger partial charge in [-0.25, -0.2) is 13.1 Å².